The smallest absolute Gasteiger partial charge is 0.179 e. The molecule has 0 amide bonds. The Balaban J connectivity index is 2.15. The van der Waals surface area contributed by atoms with Crippen LogP contribution in [0.25, 0.3) is 11.2 Å². The van der Waals surface area contributed by atoms with Gasteiger partial charge in [0.2, 0.25) is 0 Å². The van der Waals surface area contributed by atoms with Crippen LogP contribution >= 0.6 is 23.2 Å². The van der Waals surface area contributed by atoms with Gasteiger partial charge in [-0.25, -0.2) is 14.6 Å². The van der Waals surface area contributed by atoms with E-state index in [0.29, 0.717) is 5.02 Å². The van der Waals surface area contributed by atoms with Crippen molar-refractivity contribution in [1.29, 1.82) is 0 Å². The Morgan fingerprint density at radius 2 is 2.00 bits per heavy atom. The van der Waals surface area contributed by atoms with Crippen molar-refractivity contribution in [1.82, 2.24) is 14.6 Å². The maximum Gasteiger partial charge on any atom is 0.179 e. The van der Waals surface area contributed by atoms with Crippen LogP contribution in [0.3, 0.4) is 0 Å². The van der Waals surface area contributed by atoms with Crippen LogP contribution in [0.5, 0.6) is 0 Å². The van der Waals surface area contributed by atoms with E-state index in [1.807, 2.05) is 13.0 Å². The number of imidazole rings is 1. The SMILES string of the molecule is CC(Cl)c1nc2cc(Cl)cnc2n1N1CCCCC1. The van der Waals surface area contributed by atoms with Crippen LogP contribution in [0.2, 0.25) is 5.02 Å². The molecule has 4 nitrogen and oxygen atoms in total. The first kappa shape index (κ1) is 13.0. The number of alkyl halides is 1. The largest absolute Gasteiger partial charge is 0.310 e. The summed E-state index contributed by atoms with van der Waals surface area (Å²) in [4.78, 5) is 9.02. The molecule has 3 heterocycles. The molecule has 2 aromatic heterocycles. The highest BCUT2D eigenvalue weighted by Crippen LogP contribution is 2.26. The van der Waals surface area contributed by atoms with E-state index in [9.17, 15) is 0 Å². The fraction of sp³-hybridized carbons (Fsp3) is 0.538. The van der Waals surface area contributed by atoms with Gasteiger partial charge in [0.25, 0.3) is 0 Å². The lowest BCUT2D eigenvalue weighted by Crippen LogP contribution is -2.40. The molecular formula is C13H16Cl2N4. The van der Waals surface area contributed by atoms with E-state index in [0.717, 1.165) is 30.1 Å². The summed E-state index contributed by atoms with van der Waals surface area (Å²) in [7, 11) is 0. The Morgan fingerprint density at radius 3 is 2.68 bits per heavy atom. The van der Waals surface area contributed by atoms with Gasteiger partial charge in [0.15, 0.2) is 5.65 Å². The lowest BCUT2D eigenvalue weighted by atomic mass is 10.2. The maximum absolute atomic E-state index is 6.27. The Labute approximate surface area is 122 Å². The zero-order chi connectivity index (χ0) is 13.4. The van der Waals surface area contributed by atoms with Gasteiger partial charge in [-0.05, 0) is 32.3 Å². The Kier molecular flexibility index (Phi) is 3.54. The van der Waals surface area contributed by atoms with Crippen LogP contribution in [0.15, 0.2) is 12.3 Å². The highest BCUT2D eigenvalue weighted by molar-refractivity contribution is 6.31. The molecule has 1 atom stereocenters. The summed E-state index contributed by atoms with van der Waals surface area (Å²) in [6.07, 6.45) is 5.34. The minimum absolute atomic E-state index is 0.157. The van der Waals surface area contributed by atoms with Gasteiger partial charge in [-0.15, -0.1) is 11.6 Å². The topological polar surface area (TPSA) is 34.0 Å². The average molecular weight is 299 g/mol. The Bertz CT molecular complexity index is 588. The molecule has 1 saturated heterocycles. The molecule has 6 heteroatoms. The first-order chi connectivity index (χ1) is 9.16. The van der Waals surface area contributed by atoms with E-state index in [2.05, 4.69) is 19.7 Å². The fourth-order valence-corrected chi connectivity index (χ4v) is 2.85. The Hall–Kier alpha value is -1.00. The molecule has 0 aliphatic carbocycles. The molecule has 1 fully saturated rings. The van der Waals surface area contributed by atoms with Crippen molar-refractivity contribution in [2.24, 2.45) is 0 Å². The van der Waals surface area contributed by atoms with E-state index in [1.165, 1.54) is 19.3 Å². The number of hydrogen-bond acceptors (Lipinski definition) is 3. The lowest BCUT2D eigenvalue weighted by Gasteiger charge is -2.31. The van der Waals surface area contributed by atoms with Gasteiger partial charge in [0.1, 0.15) is 11.3 Å². The van der Waals surface area contributed by atoms with Gasteiger partial charge in [-0.2, -0.15) is 0 Å². The highest BCUT2D eigenvalue weighted by Gasteiger charge is 2.21. The van der Waals surface area contributed by atoms with Crippen LogP contribution in [0, 0.1) is 0 Å². The predicted octanol–water partition coefficient (Wildman–Crippen LogP) is 3.51. The van der Waals surface area contributed by atoms with Gasteiger partial charge in [0.05, 0.1) is 10.4 Å². The van der Waals surface area contributed by atoms with Crippen LogP contribution in [0.1, 0.15) is 37.4 Å². The second-order valence-electron chi connectivity index (χ2n) is 4.91. The van der Waals surface area contributed by atoms with Gasteiger partial charge in [-0.1, -0.05) is 11.6 Å². The summed E-state index contributed by atoms with van der Waals surface area (Å²) >= 11 is 12.3. The van der Waals surface area contributed by atoms with Crippen molar-refractivity contribution >= 4 is 34.4 Å². The number of rotatable bonds is 2. The molecule has 0 aromatic carbocycles. The van der Waals surface area contributed by atoms with Gasteiger partial charge < -0.3 is 5.01 Å². The zero-order valence-corrected chi connectivity index (χ0v) is 12.3. The number of hydrogen-bond donors (Lipinski definition) is 0. The molecule has 1 aliphatic rings. The zero-order valence-electron chi connectivity index (χ0n) is 10.8. The highest BCUT2D eigenvalue weighted by atomic mass is 35.5. The quantitative estimate of drug-likeness (QED) is 0.796. The molecule has 3 rings (SSSR count). The number of nitrogens with zero attached hydrogens (tertiary/aromatic N) is 4. The molecule has 0 radical (unpaired) electrons. The predicted molar refractivity (Wildman–Crippen MR) is 78.6 cm³/mol. The number of pyridine rings is 1. The number of piperidine rings is 1. The van der Waals surface area contributed by atoms with E-state index < -0.39 is 0 Å². The van der Waals surface area contributed by atoms with Crippen LogP contribution in [-0.2, 0) is 0 Å². The van der Waals surface area contributed by atoms with Crippen molar-refractivity contribution in [2.75, 3.05) is 18.1 Å². The second-order valence-corrected chi connectivity index (χ2v) is 6.00. The summed E-state index contributed by atoms with van der Waals surface area (Å²) in [6, 6.07) is 1.84. The minimum atomic E-state index is -0.157. The number of fused-ring (bicyclic) bond motifs is 1. The number of halogens is 2. The van der Waals surface area contributed by atoms with Gasteiger partial charge >= 0.3 is 0 Å². The first-order valence-corrected chi connectivity index (χ1v) is 7.41. The summed E-state index contributed by atoms with van der Waals surface area (Å²) in [6.45, 7) is 3.98. The monoisotopic (exact) mass is 298 g/mol. The lowest BCUT2D eigenvalue weighted by molar-refractivity contribution is 0.473. The van der Waals surface area contributed by atoms with E-state index >= 15 is 0 Å². The molecule has 19 heavy (non-hydrogen) atoms. The van der Waals surface area contributed by atoms with E-state index in [1.54, 1.807) is 6.20 Å². The second kappa shape index (κ2) is 5.17. The van der Waals surface area contributed by atoms with Crippen LogP contribution in [-0.4, -0.2) is 27.7 Å². The molecule has 0 N–H and O–H groups in total. The third-order valence-electron chi connectivity index (χ3n) is 3.44. The van der Waals surface area contributed by atoms with E-state index in [-0.39, 0.29) is 5.38 Å². The number of aromatic nitrogens is 3. The summed E-state index contributed by atoms with van der Waals surface area (Å²) < 4.78 is 2.07. The molecule has 1 aliphatic heterocycles. The molecule has 1 unspecified atom stereocenters. The van der Waals surface area contributed by atoms with Gasteiger partial charge in [-0.3, -0.25) is 0 Å². The molecule has 0 bridgehead atoms. The summed E-state index contributed by atoms with van der Waals surface area (Å²) in [5, 5.41) is 2.73. The molecule has 0 spiro atoms. The van der Waals surface area contributed by atoms with Crippen molar-refractivity contribution < 1.29 is 0 Å². The fourth-order valence-electron chi connectivity index (χ4n) is 2.56. The van der Waals surface area contributed by atoms with Crippen molar-refractivity contribution in [3.05, 3.63) is 23.1 Å². The van der Waals surface area contributed by atoms with Crippen molar-refractivity contribution in [3.63, 3.8) is 0 Å². The third-order valence-corrected chi connectivity index (χ3v) is 3.84. The Morgan fingerprint density at radius 1 is 1.26 bits per heavy atom. The van der Waals surface area contributed by atoms with Gasteiger partial charge in [0, 0.05) is 19.3 Å². The van der Waals surface area contributed by atoms with Crippen LogP contribution < -0.4 is 5.01 Å². The average Bonchev–Trinajstić information content (AvgIpc) is 2.78. The summed E-state index contributed by atoms with van der Waals surface area (Å²) in [5.41, 5.74) is 1.65. The first-order valence-electron chi connectivity index (χ1n) is 6.60. The minimum Gasteiger partial charge on any atom is -0.310 e. The van der Waals surface area contributed by atoms with Crippen LogP contribution in [0.4, 0.5) is 0 Å². The van der Waals surface area contributed by atoms with Crippen molar-refractivity contribution in [3.8, 4) is 0 Å². The van der Waals surface area contributed by atoms with Crippen molar-refractivity contribution in [2.45, 2.75) is 31.6 Å². The normalized spacial score (nSPS) is 17.9. The molecule has 2 aromatic rings. The third kappa shape index (κ3) is 2.39. The standard InChI is InChI=1S/C13H16Cl2N4/c1-9(14)12-17-11-7-10(15)8-16-13(11)19(12)18-5-3-2-4-6-18/h7-9H,2-6H2,1H3. The molecule has 0 saturated carbocycles. The van der Waals surface area contributed by atoms with E-state index in [4.69, 9.17) is 23.2 Å². The molecular weight excluding hydrogens is 283 g/mol. The maximum atomic E-state index is 6.27. The molecule has 102 valence electrons. The summed E-state index contributed by atoms with van der Waals surface area (Å²) in [5.74, 6) is 0.841.